The summed E-state index contributed by atoms with van der Waals surface area (Å²) in [4.78, 5) is 55.0. The number of anilines is 2. The number of hydrogen-bond acceptors (Lipinski definition) is 6. The van der Waals surface area contributed by atoms with Crippen molar-refractivity contribution in [2.45, 2.75) is 38.3 Å². The number of hydrogen-bond donors (Lipinski definition) is 1. The first-order valence-corrected chi connectivity index (χ1v) is 11.1. The van der Waals surface area contributed by atoms with Gasteiger partial charge < -0.3 is 5.32 Å². The van der Waals surface area contributed by atoms with E-state index in [1.807, 2.05) is 26.0 Å². The van der Waals surface area contributed by atoms with E-state index in [0.717, 1.165) is 40.1 Å². The highest BCUT2D eigenvalue weighted by Gasteiger charge is 2.74. The molecule has 6 rings (SSSR count). The van der Waals surface area contributed by atoms with Gasteiger partial charge in [0.05, 0.1) is 22.4 Å². The molecule has 0 bridgehead atoms. The maximum Gasteiger partial charge on any atom is 0.269 e. The summed E-state index contributed by atoms with van der Waals surface area (Å²) in [6.45, 7) is 4.54. The van der Waals surface area contributed by atoms with E-state index < -0.39 is 28.2 Å². The predicted molar refractivity (Wildman–Crippen MR) is 119 cm³/mol. The summed E-state index contributed by atoms with van der Waals surface area (Å²) in [5, 5.41) is 14.1. The van der Waals surface area contributed by atoms with Crippen molar-refractivity contribution < 1.29 is 19.3 Å². The highest BCUT2D eigenvalue weighted by Crippen LogP contribution is 2.61. The topological polar surface area (TPSA) is 113 Å². The van der Waals surface area contributed by atoms with Crippen LogP contribution in [0.3, 0.4) is 0 Å². The molecule has 168 valence electrons. The number of nitro benzene ring substituents is 1. The lowest BCUT2D eigenvalue weighted by Gasteiger charge is -2.36. The first-order chi connectivity index (χ1) is 15.8. The van der Waals surface area contributed by atoms with Gasteiger partial charge in [0.25, 0.3) is 5.69 Å². The maximum absolute atomic E-state index is 13.9. The summed E-state index contributed by atoms with van der Waals surface area (Å²) in [7, 11) is 0. The molecule has 2 aromatic carbocycles. The molecule has 0 saturated carbocycles. The van der Waals surface area contributed by atoms with Gasteiger partial charge in [-0.1, -0.05) is 17.7 Å². The fraction of sp³-hybridized carbons (Fsp3) is 0.375. The SMILES string of the molecule is Cc1cc(C)c2c(c1)[C@]1(C(=O)N2)[C@@H]2C(=O)N(c3ccc([N+](=O)[O-])cc3)C(=O)[C@H]2[C@H]2CCCN21. The third kappa shape index (κ3) is 2.32. The van der Waals surface area contributed by atoms with E-state index in [1.165, 1.54) is 24.3 Å². The number of nitro groups is 1. The minimum Gasteiger partial charge on any atom is -0.324 e. The number of nitrogens with one attached hydrogen (secondary N) is 1. The molecule has 0 aliphatic carbocycles. The lowest BCUT2D eigenvalue weighted by Crippen LogP contribution is -2.54. The number of fused-ring (bicyclic) bond motifs is 7. The zero-order chi connectivity index (χ0) is 23.2. The Kier molecular flexibility index (Phi) is 3.93. The maximum atomic E-state index is 13.9. The number of benzene rings is 2. The Balaban J connectivity index is 1.53. The molecule has 1 N–H and O–H groups in total. The Morgan fingerprint density at radius 1 is 1.09 bits per heavy atom. The summed E-state index contributed by atoms with van der Waals surface area (Å²) in [6, 6.07) is 9.17. The summed E-state index contributed by atoms with van der Waals surface area (Å²) < 4.78 is 0. The Labute approximate surface area is 189 Å². The van der Waals surface area contributed by atoms with Crippen LogP contribution in [0.2, 0.25) is 0 Å². The molecular formula is C24H22N4O5. The van der Waals surface area contributed by atoms with E-state index in [-0.39, 0.29) is 23.5 Å². The Bertz CT molecular complexity index is 1270. The standard InChI is InChI=1S/C24H22N4O5/c1-12-10-13(2)20-16(11-12)24(23(31)25-20)19-18(17-4-3-9-26(17)24)21(29)27(22(19)30)14-5-7-15(8-6-14)28(32)33/h5-8,10-11,17-19H,3-4,9H2,1-2H3,(H,25,31)/t17-,18+,19+,24-/m1/s1. The number of non-ortho nitro benzene ring substituents is 1. The minimum atomic E-state index is -1.22. The van der Waals surface area contributed by atoms with Gasteiger partial charge in [-0.2, -0.15) is 0 Å². The highest BCUT2D eigenvalue weighted by molar-refractivity contribution is 6.26. The van der Waals surface area contributed by atoms with Crippen molar-refractivity contribution in [1.29, 1.82) is 0 Å². The van der Waals surface area contributed by atoms with Crippen LogP contribution in [-0.2, 0) is 19.9 Å². The third-order valence-corrected chi connectivity index (χ3v) is 7.76. The van der Waals surface area contributed by atoms with E-state index in [0.29, 0.717) is 12.2 Å². The molecule has 3 amide bonds. The number of nitrogens with zero attached hydrogens (tertiary/aromatic N) is 3. The van der Waals surface area contributed by atoms with Gasteiger partial charge in [0.2, 0.25) is 17.7 Å². The molecule has 2 aromatic rings. The second-order valence-electron chi connectivity index (χ2n) is 9.42. The molecule has 4 aliphatic rings. The van der Waals surface area contributed by atoms with Crippen molar-refractivity contribution >= 4 is 34.8 Å². The largest absolute Gasteiger partial charge is 0.324 e. The van der Waals surface area contributed by atoms with Crippen LogP contribution in [0.15, 0.2) is 36.4 Å². The van der Waals surface area contributed by atoms with Gasteiger partial charge >= 0.3 is 0 Å². The second-order valence-corrected chi connectivity index (χ2v) is 9.42. The number of carbonyl (C=O) groups excluding carboxylic acids is 3. The van der Waals surface area contributed by atoms with Crippen molar-refractivity contribution in [3.05, 3.63) is 63.2 Å². The lowest BCUT2D eigenvalue weighted by molar-refractivity contribution is -0.384. The highest BCUT2D eigenvalue weighted by atomic mass is 16.6. The molecule has 0 aromatic heterocycles. The molecular weight excluding hydrogens is 424 g/mol. The smallest absolute Gasteiger partial charge is 0.269 e. The zero-order valence-electron chi connectivity index (χ0n) is 18.2. The van der Waals surface area contributed by atoms with Gasteiger partial charge in [0.1, 0.15) is 5.54 Å². The number of imide groups is 1. The van der Waals surface area contributed by atoms with Gasteiger partial charge in [-0.15, -0.1) is 0 Å². The normalized spacial score (nSPS) is 30.1. The molecule has 0 radical (unpaired) electrons. The summed E-state index contributed by atoms with van der Waals surface area (Å²) in [5.74, 6) is -2.48. The molecule has 4 atom stereocenters. The van der Waals surface area contributed by atoms with Gasteiger partial charge in [0, 0.05) is 29.4 Å². The summed E-state index contributed by atoms with van der Waals surface area (Å²) in [6.07, 6.45) is 1.59. The van der Waals surface area contributed by atoms with Crippen molar-refractivity contribution in [1.82, 2.24) is 4.90 Å². The molecule has 4 heterocycles. The van der Waals surface area contributed by atoms with Crippen molar-refractivity contribution in [2.24, 2.45) is 11.8 Å². The zero-order valence-corrected chi connectivity index (χ0v) is 18.2. The molecule has 33 heavy (non-hydrogen) atoms. The van der Waals surface area contributed by atoms with Gasteiger partial charge in [-0.3, -0.25) is 29.4 Å². The Morgan fingerprint density at radius 2 is 1.82 bits per heavy atom. The van der Waals surface area contributed by atoms with Crippen molar-refractivity contribution in [3.8, 4) is 0 Å². The number of rotatable bonds is 2. The van der Waals surface area contributed by atoms with Crippen LogP contribution >= 0.6 is 0 Å². The Hall–Kier alpha value is -3.59. The fourth-order valence-electron chi connectivity index (χ4n) is 6.64. The van der Waals surface area contributed by atoms with Crippen LogP contribution in [0.4, 0.5) is 17.1 Å². The minimum absolute atomic E-state index is 0.119. The van der Waals surface area contributed by atoms with E-state index >= 15 is 0 Å². The predicted octanol–water partition coefficient (Wildman–Crippen LogP) is 2.64. The average molecular weight is 446 g/mol. The monoisotopic (exact) mass is 446 g/mol. The fourth-order valence-corrected chi connectivity index (χ4v) is 6.64. The van der Waals surface area contributed by atoms with Crippen LogP contribution in [-0.4, -0.2) is 40.1 Å². The summed E-state index contributed by atoms with van der Waals surface area (Å²) in [5.41, 5.74) is 2.38. The van der Waals surface area contributed by atoms with E-state index in [9.17, 15) is 24.5 Å². The Morgan fingerprint density at radius 3 is 2.52 bits per heavy atom. The first kappa shape index (κ1) is 20.0. The van der Waals surface area contributed by atoms with Crippen molar-refractivity contribution in [2.75, 3.05) is 16.8 Å². The molecule has 3 fully saturated rings. The van der Waals surface area contributed by atoms with Crippen LogP contribution in [0.25, 0.3) is 0 Å². The molecule has 9 heteroatoms. The number of amides is 3. The second kappa shape index (κ2) is 6.48. The first-order valence-electron chi connectivity index (χ1n) is 11.1. The average Bonchev–Trinajstić information content (AvgIpc) is 3.47. The third-order valence-electron chi connectivity index (χ3n) is 7.76. The van der Waals surface area contributed by atoms with E-state index in [4.69, 9.17) is 0 Å². The van der Waals surface area contributed by atoms with Gasteiger partial charge in [-0.25, -0.2) is 4.90 Å². The van der Waals surface area contributed by atoms with Crippen LogP contribution in [0.5, 0.6) is 0 Å². The van der Waals surface area contributed by atoms with Crippen LogP contribution in [0, 0.1) is 35.8 Å². The number of carbonyl (C=O) groups is 3. The molecule has 9 nitrogen and oxygen atoms in total. The molecule has 3 saturated heterocycles. The van der Waals surface area contributed by atoms with Crippen LogP contribution in [0.1, 0.15) is 29.5 Å². The van der Waals surface area contributed by atoms with Crippen LogP contribution < -0.4 is 10.2 Å². The van der Waals surface area contributed by atoms with E-state index in [2.05, 4.69) is 10.2 Å². The number of aryl methyl sites for hydroxylation is 2. The van der Waals surface area contributed by atoms with Crippen molar-refractivity contribution in [3.63, 3.8) is 0 Å². The summed E-state index contributed by atoms with van der Waals surface area (Å²) >= 11 is 0. The molecule has 1 spiro atoms. The van der Waals surface area contributed by atoms with Gasteiger partial charge in [0.15, 0.2) is 0 Å². The molecule has 4 aliphatic heterocycles. The lowest BCUT2D eigenvalue weighted by atomic mass is 9.75. The quantitative estimate of drug-likeness (QED) is 0.431. The molecule has 0 unspecified atom stereocenters. The van der Waals surface area contributed by atoms with E-state index in [1.54, 1.807) is 0 Å². The van der Waals surface area contributed by atoms with Gasteiger partial charge in [-0.05, 0) is 50.9 Å².